The normalized spacial score (nSPS) is 11.6. The van der Waals surface area contributed by atoms with E-state index in [2.05, 4.69) is 21.2 Å². The van der Waals surface area contributed by atoms with Gasteiger partial charge in [-0.1, -0.05) is 6.07 Å². The number of rotatable bonds is 5. The zero-order valence-corrected chi connectivity index (χ0v) is 14.4. The molecule has 2 aromatic rings. The first-order valence-corrected chi connectivity index (χ1v) is 7.79. The summed E-state index contributed by atoms with van der Waals surface area (Å²) in [5, 5.41) is 2.73. The van der Waals surface area contributed by atoms with Gasteiger partial charge in [-0.05, 0) is 71.7 Å². The van der Waals surface area contributed by atoms with Crippen LogP contribution in [-0.4, -0.2) is 17.9 Å². The highest BCUT2D eigenvalue weighted by atomic mass is 79.9. The van der Waals surface area contributed by atoms with Crippen LogP contribution in [0.1, 0.15) is 22.8 Å². The van der Waals surface area contributed by atoms with Gasteiger partial charge in [0.15, 0.2) is 6.10 Å². The number of carbonyl (C=O) groups excluding carboxylic acids is 2. The number of halogens is 1. The average Bonchev–Trinajstić information content (AvgIpc) is 2.50. The number of amides is 2. The summed E-state index contributed by atoms with van der Waals surface area (Å²) in [5.74, 6) is -0.199. The van der Waals surface area contributed by atoms with Crippen LogP contribution in [0.5, 0.6) is 5.75 Å². The van der Waals surface area contributed by atoms with Crippen molar-refractivity contribution >= 4 is 33.4 Å². The van der Waals surface area contributed by atoms with Gasteiger partial charge in [0.25, 0.3) is 5.91 Å². The number of anilines is 1. The second kappa shape index (κ2) is 7.28. The van der Waals surface area contributed by atoms with Gasteiger partial charge in [0.05, 0.1) is 4.47 Å². The summed E-state index contributed by atoms with van der Waals surface area (Å²) in [6.07, 6.45) is -0.676. The summed E-state index contributed by atoms with van der Waals surface area (Å²) >= 11 is 3.41. The fourth-order valence-electron chi connectivity index (χ4n) is 1.91. The average molecular weight is 377 g/mol. The zero-order valence-electron chi connectivity index (χ0n) is 12.8. The Hall–Kier alpha value is -2.34. The van der Waals surface area contributed by atoms with Gasteiger partial charge in [-0.2, -0.15) is 0 Å². The number of carbonyl (C=O) groups is 2. The molecule has 0 saturated heterocycles. The van der Waals surface area contributed by atoms with E-state index in [1.807, 2.05) is 25.1 Å². The zero-order chi connectivity index (χ0) is 17.0. The summed E-state index contributed by atoms with van der Waals surface area (Å²) in [6, 6.07) is 12.0. The molecule has 2 rings (SSSR count). The van der Waals surface area contributed by atoms with Crippen LogP contribution in [-0.2, 0) is 4.79 Å². The van der Waals surface area contributed by atoms with Crippen molar-refractivity contribution in [2.45, 2.75) is 20.0 Å². The molecule has 0 aliphatic carbocycles. The number of hydrogen-bond donors (Lipinski definition) is 2. The second-order valence-corrected chi connectivity index (χ2v) is 5.98. The summed E-state index contributed by atoms with van der Waals surface area (Å²) < 4.78 is 6.46. The molecule has 0 unspecified atom stereocenters. The van der Waals surface area contributed by atoms with Crippen molar-refractivity contribution in [3.05, 3.63) is 58.1 Å². The standard InChI is InChI=1S/C17H17BrN2O3/c1-10-3-8-15(14(18)9-10)23-11(2)17(22)20-13-6-4-12(5-7-13)16(19)21/h3-9,11H,1-2H3,(H2,19,21)(H,20,22)/t11-/m0/s1. The van der Waals surface area contributed by atoms with Crippen molar-refractivity contribution in [2.24, 2.45) is 5.73 Å². The lowest BCUT2D eigenvalue weighted by Crippen LogP contribution is -2.30. The molecular formula is C17H17BrN2O3. The van der Waals surface area contributed by atoms with Crippen LogP contribution in [0, 0.1) is 6.92 Å². The molecule has 1 atom stereocenters. The third kappa shape index (κ3) is 4.56. The molecule has 6 heteroatoms. The smallest absolute Gasteiger partial charge is 0.265 e. The molecule has 0 radical (unpaired) electrons. The number of primary amides is 1. The Morgan fingerprint density at radius 1 is 1.17 bits per heavy atom. The third-order valence-electron chi connectivity index (χ3n) is 3.20. The topological polar surface area (TPSA) is 81.4 Å². The Morgan fingerprint density at radius 2 is 1.83 bits per heavy atom. The number of nitrogens with one attached hydrogen (secondary N) is 1. The van der Waals surface area contributed by atoms with Crippen LogP contribution in [0.4, 0.5) is 5.69 Å². The van der Waals surface area contributed by atoms with Gasteiger partial charge in [0.1, 0.15) is 5.75 Å². The van der Waals surface area contributed by atoms with E-state index in [0.29, 0.717) is 17.0 Å². The number of aryl methyl sites for hydroxylation is 1. The molecule has 0 aliphatic rings. The van der Waals surface area contributed by atoms with Gasteiger partial charge in [0, 0.05) is 11.3 Å². The highest BCUT2D eigenvalue weighted by Crippen LogP contribution is 2.26. The Bertz CT molecular complexity index is 729. The summed E-state index contributed by atoms with van der Waals surface area (Å²) in [7, 11) is 0. The fraction of sp³-hybridized carbons (Fsp3) is 0.176. The molecule has 2 amide bonds. The van der Waals surface area contributed by atoms with Gasteiger partial charge in [0.2, 0.25) is 5.91 Å². The monoisotopic (exact) mass is 376 g/mol. The molecule has 2 aromatic carbocycles. The van der Waals surface area contributed by atoms with E-state index in [-0.39, 0.29) is 5.91 Å². The van der Waals surface area contributed by atoms with E-state index in [1.54, 1.807) is 31.2 Å². The van der Waals surface area contributed by atoms with Gasteiger partial charge >= 0.3 is 0 Å². The van der Waals surface area contributed by atoms with Gasteiger partial charge in [-0.15, -0.1) is 0 Å². The predicted molar refractivity (Wildman–Crippen MR) is 92.6 cm³/mol. The number of ether oxygens (including phenoxy) is 1. The van der Waals surface area contributed by atoms with Crippen LogP contribution in [0.25, 0.3) is 0 Å². The first-order chi connectivity index (χ1) is 10.9. The lowest BCUT2D eigenvalue weighted by atomic mass is 10.2. The minimum atomic E-state index is -0.676. The fourth-order valence-corrected chi connectivity index (χ4v) is 2.49. The molecule has 23 heavy (non-hydrogen) atoms. The summed E-state index contributed by atoms with van der Waals surface area (Å²) in [6.45, 7) is 3.64. The molecule has 3 N–H and O–H groups in total. The highest BCUT2D eigenvalue weighted by molar-refractivity contribution is 9.10. The molecule has 0 saturated carbocycles. The third-order valence-corrected chi connectivity index (χ3v) is 3.82. The predicted octanol–water partition coefficient (Wildman–Crippen LogP) is 3.26. The Balaban J connectivity index is 2.00. The van der Waals surface area contributed by atoms with Crippen molar-refractivity contribution in [1.29, 1.82) is 0 Å². The van der Waals surface area contributed by atoms with Gasteiger partial charge in [-0.25, -0.2) is 0 Å². The van der Waals surface area contributed by atoms with Crippen molar-refractivity contribution < 1.29 is 14.3 Å². The molecule has 0 heterocycles. The van der Waals surface area contributed by atoms with Crippen molar-refractivity contribution in [1.82, 2.24) is 0 Å². The highest BCUT2D eigenvalue weighted by Gasteiger charge is 2.16. The maximum atomic E-state index is 12.2. The SMILES string of the molecule is Cc1ccc(O[C@@H](C)C(=O)Nc2ccc(C(N)=O)cc2)c(Br)c1. The molecule has 5 nitrogen and oxygen atoms in total. The van der Waals surface area contributed by atoms with Crippen LogP contribution in [0.3, 0.4) is 0 Å². The molecule has 0 aliphatic heterocycles. The largest absolute Gasteiger partial charge is 0.480 e. The number of benzene rings is 2. The number of hydrogen-bond acceptors (Lipinski definition) is 3. The van der Waals surface area contributed by atoms with E-state index in [4.69, 9.17) is 10.5 Å². The Morgan fingerprint density at radius 3 is 2.39 bits per heavy atom. The Kier molecular flexibility index (Phi) is 5.39. The van der Waals surface area contributed by atoms with Crippen LogP contribution in [0.15, 0.2) is 46.9 Å². The first-order valence-electron chi connectivity index (χ1n) is 7.00. The van der Waals surface area contributed by atoms with E-state index in [1.165, 1.54) is 0 Å². The van der Waals surface area contributed by atoms with Crippen LogP contribution in [0.2, 0.25) is 0 Å². The van der Waals surface area contributed by atoms with E-state index >= 15 is 0 Å². The lowest BCUT2D eigenvalue weighted by Gasteiger charge is -2.16. The minimum Gasteiger partial charge on any atom is -0.480 e. The number of nitrogens with two attached hydrogens (primary N) is 1. The lowest BCUT2D eigenvalue weighted by molar-refractivity contribution is -0.122. The molecule has 0 bridgehead atoms. The first kappa shape index (κ1) is 17.0. The maximum Gasteiger partial charge on any atom is 0.265 e. The van der Waals surface area contributed by atoms with Crippen LogP contribution < -0.4 is 15.8 Å². The van der Waals surface area contributed by atoms with Crippen molar-refractivity contribution in [3.8, 4) is 5.75 Å². The van der Waals surface area contributed by atoms with Gasteiger partial charge in [-0.3, -0.25) is 9.59 Å². The summed E-state index contributed by atoms with van der Waals surface area (Å²) in [5.41, 5.74) is 7.22. The van der Waals surface area contributed by atoms with Crippen molar-refractivity contribution in [3.63, 3.8) is 0 Å². The van der Waals surface area contributed by atoms with Gasteiger partial charge < -0.3 is 15.8 Å². The molecule has 0 aromatic heterocycles. The quantitative estimate of drug-likeness (QED) is 0.839. The molecule has 0 fully saturated rings. The van der Waals surface area contributed by atoms with E-state index in [9.17, 15) is 9.59 Å². The second-order valence-electron chi connectivity index (χ2n) is 5.12. The Labute approximate surface area is 143 Å². The summed E-state index contributed by atoms with van der Waals surface area (Å²) in [4.78, 5) is 23.2. The van der Waals surface area contributed by atoms with E-state index in [0.717, 1.165) is 10.0 Å². The molecular weight excluding hydrogens is 360 g/mol. The molecule has 120 valence electrons. The molecule has 0 spiro atoms. The maximum absolute atomic E-state index is 12.2. The minimum absolute atomic E-state index is 0.288. The van der Waals surface area contributed by atoms with E-state index < -0.39 is 12.0 Å². The van der Waals surface area contributed by atoms with Crippen LogP contribution >= 0.6 is 15.9 Å². The van der Waals surface area contributed by atoms with Crippen molar-refractivity contribution in [2.75, 3.05) is 5.32 Å².